The van der Waals surface area contributed by atoms with Crippen LogP contribution in [0.4, 0.5) is 0 Å². The summed E-state index contributed by atoms with van der Waals surface area (Å²) in [7, 11) is 1.51. The number of benzene rings is 1. The Labute approximate surface area is 150 Å². The summed E-state index contributed by atoms with van der Waals surface area (Å²) in [6, 6.07) is 7.03. The number of pyridine rings is 1. The Kier molecular flexibility index (Phi) is 5.84. The number of hydrogen-bond acceptors (Lipinski definition) is 5. The first-order valence-electron chi connectivity index (χ1n) is 7.61. The summed E-state index contributed by atoms with van der Waals surface area (Å²) in [6.07, 6.45) is 1.48. The standard InChI is InChI=1S/C18H18ClN3O3/c1-5-25-16-8-13(7-15(19)17(16)24-4)10-21-22-12(3)6-11(2)14(9-20)18(22)23/h6-8,10H,5H2,1-4H3. The number of aryl methyl sites for hydroxylation is 2. The molecule has 7 heteroatoms. The third-order valence-corrected chi connectivity index (χ3v) is 3.81. The minimum Gasteiger partial charge on any atom is -0.491 e. The molecule has 6 nitrogen and oxygen atoms in total. The Hall–Kier alpha value is -2.78. The van der Waals surface area contributed by atoms with E-state index in [1.54, 1.807) is 32.0 Å². The van der Waals surface area contributed by atoms with Gasteiger partial charge in [0.05, 0.1) is 25.0 Å². The molecule has 1 aromatic carbocycles. The minimum atomic E-state index is -0.458. The van der Waals surface area contributed by atoms with Crippen LogP contribution >= 0.6 is 11.6 Å². The van der Waals surface area contributed by atoms with Crippen molar-refractivity contribution in [2.24, 2.45) is 5.10 Å². The van der Waals surface area contributed by atoms with E-state index in [-0.39, 0.29) is 5.56 Å². The summed E-state index contributed by atoms with van der Waals surface area (Å²) in [4.78, 5) is 12.4. The molecule has 0 bridgehead atoms. The maximum absolute atomic E-state index is 12.4. The van der Waals surface area contributed by atoms with Crippen molar-refractivity contribution in [1.29, 1.82) is 5.26 Å². The maximum Gasteiger partial charge on any atom is 0.289 e. The molecule has 0 N–H and O–H groups in total. The van der Waals surface area contributed by atoms with Gasteiger partial charge in [-0.2, -0.15) is 10.4 Å². The SMILES string of the molecule is CCOc1cc(C=Nn2c(C)cc(C)c(C#N)c2=O)cc(Cl)c1OC. The molecule has 0 saturated carbocycles. The lowest BCUT2D eigenvalue weighted by atomic mass is 10.1. The molecule has 0 unspecified atom stereocenters. The number of halogens is 1. The van der Waals surface area contributed by atoms with Gasteiger partial charge in [0.1, 0.15) is 11.6 Å². The third kappa shape index (κ3) is 3.83. The largest absolute Gasteiger partial charge is 0.491 e. The highest BCUT2D eigenvalue weighted by Crippen LogP contribution is 2.35. The predicted octanol–water partition coefficient (Wildman–Crippen LogP) is 3.28. The number of ether oxygens (including phenoxy) is 2. The van der Waals surface area contributed by atoms with Crippen LogP contribution in [0.3, 0.4) is 0 Å². The summed E-state index contributed by atoms with van der Waals surface area (Å²) in [6.45, 7) is 5.78. The first-order valence-corrected chi connectivity index (χ1v) is 7.98. The molecule has 2 aromatic rings. The molecular weight excluding hydrogens is 342 g/mol. The normalized spacial score (nSPS) is 10.7. The summed E-state index contributed by atoms with van der Waals surface area (Å²) in [5, 5.41) is 13.7. The van der Waals surface area contributed by atoms with Gasteiger partial charge >= 0.3 is 0 Å². The fraction of sp³-hybridized carbons (Fsp3) is 0.278. The molecular formula is C18H18ClN3O3. The molecule has 0 atom stereocenters. The lowest BCUT2D eigenvalue weighted by Crippen LogP contribution is -2.22. The summed E-state index contributed by atoms with van der Waals surface area (Å²) in [5.41, 5.74) is 1.51. The number of aromatic nitrogens is 1. The maximum atomic E-state index is 12.4. The molecule has 0 saturated heterocycles. The van der Waals surface area contributed by atoms with Crippen LogP contribution in [0.15, 0.2) is 28.1 Å². The Morgan fingerprint density at radius 2 is 2.08 bits per heavy atom. The van der Waals surface area contributed by atoms with Gasteiger partial charge in [0, 0.05) is 5.69 Å². The van der Waals surface area contributed by atoms with Crippen LogP contribution in [-0.4, -0.2) is 24.6 Å². The van der Waals surface area contributed by atoms with Gasteiger partial charge in [0.2, 0.25) is 0 Å². The van der Waals surface area contributed by atoms with Crippen molar-refractivity contribution in [2.75, 3.05) is 13.7 Å². The highest BCUT2D eigenvalue weighted by molar-refractivity contribution is 6.32. The monoisotopic (exact) mass is 359 g/mol. The van der Waals surface area contributed by atoms with Crippen molar-refractivity contribution >= 4 is 17.8 Å². The summed E-state index contributed by atoms with van der Waals surface area (Å²) in [5.74, 6) is 0.931. The van der Waals surface area contributed by atoms with E-state index in [9.17, 15) is 4.79 Å². The van der Waals surface area contributed by atoms with Crippen LogP contribution in [0.2, 0.25) is 5.02 Å². The Bertz CT molecular complexity index is 927. The molecule has 0 aliphatic heterocycles. The van der Waals surface area contributed by atoms with E-state index in [4.69, 9.17) is 26.3 Å². The third-order valence-electron chi connectivity index (χ3n) is 3.53. The summed E-state index contributed by atoms with van der Waals surface area (Å²) >= 11 is 6.20. The Morgan fingerprint density at radius 1 is 1.36 bits per heavy atom. The second kappa shape index (κ2) is 7.86. The van der Waals surface area contributed by atoms with Crippen LogP contribution in [0.5, 0.6) is 11.5 Å². The molecule has 130 valence electrons. The fourth-order valence-corrected chi connectivity index (χ4v) is 2.71. The van der Waals surface area contributed by atoms with Gasteiger partial charge in [-0.3, -0.25) is 4.79 Å². The van der Waals surface area contributed by atoms with E-state index in [0.717, 1.165) is 0 Å². The molecule has 0 spiro atoms. The van der Waals surface area contributed by atoms with Gasteiger partial charge in [0.15, 0.2) is 11.5 Å². The van der Waals surface area contributed by atoms with Crippen LogP contribution in [-0.2, 0) is 0 Å². The molecule has 0 amide bonds. The molecule has 2 rings (SSSR count). The van der Waals surface area contributed by atoms with Gasteiger partial charge in [-0.25, -0.2) is 4.68 Å². The number of hydrogen-bond donors (Lipinski definition) is 0. The van der Waals surface area contributed by atoms with Crippen LogP contribution in [0.1, 0.15) is 29.3 Å². The van der Waals surface area contributed by atoms with E-state index in [1.165, 1.54) is 18.0 Å². The zero-order chi connectivity index (χ0) is 18.6. The zero-order valence-electron chi connectivity index (χ0n) is 14.5. The molecule has 0 radical (unpaired) electrons. The van der Waals surface area contributed by atoms with E-state index >= 15 is 0 Å². The number of methoxy groups -OCH3 is 1. The van der Waals surface area contributed by atoms with Gasteiger partial charge in [0.25, 0.3) is 5.56 Å². The average molecular weight is 360 g/mol. The van der Waals surface area contributed by atoms with Crippen molar-refractivity contribution in [2.45, 2.75) is 20.8 Å². The first-order chi connectivity index (χ1) is 11.9. The molecule has 1 heterocycles. The molecule has 0 fully saturated rings. The first kappa shape index (κ1) is 18.6. The smallest absolute Gasteiger partial charge is 0.289 e. The molecule has 0 aliphatic carbocycles. The van der Waals surface area contributed by atoms with Crippen LogP contribution in [0.25, 0.3) is 0 Å². The average Bonchev–Trinajstić information content (AvgIpc) is 2.55. The van der Waals surface area contributed by atoms with E-state index < -0.39 is 5.56 Å². The number of rotatable bonds is 5. The van der Waals surface area contributed by atoms with Gasteiger partial charge in [-0.15, -0.1) is 0 Å². The topological polar surface area (TPSA) is 76.6 Å². The van der Waals surface area contributed by atoms with E-state index in [1.807, 2.05) is 13.0 Å². The summed E-state index contributed by atoms with van der Waals surface area (Å²) < 4.78 is 11.9. The highest BCUT2D eigenvalue weighted by Gasteiger charge is 2.12. The van der Waals surface area contributed by atoms with Gasteiger partial charge in [-0.05, 0) is 50.1 Å². The lowest BCUT2D eigenvalue weighted by molar-refractivity contribution is 0.311. The van der Waals surface area contributed by atoms with Crippen molar-refractivity contribution in [3.8, 4) is 17.6 Å². The van der Waals surface area contributed by atoms with Crippen molar-refractivity contribution < 1.29 is 9.47 Å². The zero-order valence-corrected chi connectivity index (χ0v) is 15.2. The minimum absolute atomic E-state index is 0.0746. The Morgan fingerprint density at radius 3 is 2.68 bits per heavy atom. The van der Waals surface area contributed by atoms with Crippen LogP contribution < -0.4 is 15.0 Å². The second-order valence-corrected chi connectivity index (χ2v) is 5.69. The molecule has 25 heavy (non-hydrogen) atoms. The molecule has 1 aromatic heterocycles. The predicted molar refractivity (Wildman–Crippen MR) is 97.1 cm³/mol. The van der Waals surface area contributed by atoms with E-state index in [2.05, 4.69) is 5.10 Å². The van der Waals surface area contributed by atoms with Crippen molar-refractivity contribution in [3.05, 3.63) is 56.0 Å². The lowest BCUT2D eigenvalue weighted by Gasteiger charge is -2.12. The fourth-order valence-electron chi connectivity index (χ4n) is 2.41. The van der Waals surface area contributed by atoms with Gasteiger partial charge < -0.3 is 9.47 Å². The van der Waals surface area contributed by atoms with Crippen molar-refractivity contribution in [1.82, 2.24) is 4.68 Å². The van der Waals surface area contributed by atoms with Crippen molar-refractivity contribution in [3.63, 3.8) is 0 Å². The Balaban J connectivity index is 2.51. The number of nitriles is 1. The second-order valence-electron chi connectivity index (χ2n) is 5.28. The van der Waals surface area contributed by atoms with Gasteiger partial charge in [-0.1, -0.05) is 11.6 Å². The molecule has 0 aliphatic rings. The highest BCUT2D eigenvalue weighted by atomic mass is 35.5. The quantitative estimate of drug-likeness (QED) is 0.767. The van der Waals surface area contributed by atoms with E-state index in [0.29, 0.717) is 39.9 Å². The number of nitrogens with zero attached hydrogens (tertiary/aromatic N) is 3. The van der Waals surface area contributed by atoms with Crippen LogP contribution in [0, 0.1) is 25.2 Å².